The molecule has 0 aliphatic carbocycles. The Bertz CT molecular complexity index is 413. The third-order valence-corrected chi connectivity index (χ3v) is 2.99. The number of carboxylic acids is 1. The summed E-state index contributed by atoms with van der Waals surface area (Å²) in [4.78, 5) is 11.1. The molecule has 0 aliphatic heterocycles. The minimum atomic E-state index is -1.03. The predicted molar refractivity (Wildman–Crippen MR) is 71.1 cm³/mol. The molecular formula is C13H23N3O3. The van der Waals surface area contributed by atoms with Crippen LogP contribution in [0, 0.1) is 5.92 Å². The van der Waals surface area contributed by atoms with Crippen molar-refractivity contribution in [1.29, 1.82) is 0 Å². The monoisotopic (exact) mass is 269 g/mol. The number of hydrogen-bond donors (Lipinski definition) is 2. The smallest absolute Gasteiger partial charge is 0.358 e. The Hall–Kier alpha value is -1.43. The third kappa shape index (κ3) is 4.98. The maximum Gasteiger partial charge on any atom is 0.358 e. The topological polar surface area (TPSA) is 88.2 Å². The summed E-state index contributed by atoms with van der Waals surface area (Å²) in [5.74, 6) is -0.525. The lowest BCUT2D eigenvalue weighted by Gasteiger charge is -2.09. The molecule has 19 heavy (non-hydrogen) atoms. The summed E-state index contributed by atoms with van der Waals surface area (Å²) in [5, 5.41) is 26.0. The molecule has 108 valence electrons. The molecule has 0 bridgehead atoms. The van der Waals surface area contributed by atoms with E-state index in [-0.39, 0.29) is 11.8 Å². The normalized spacial score (nSPS) is 12.9. The first-order valence-electron chi connectivity index (χ1n) is 6.75. The Morgan fingerprint density at radius 1 is 1.32 bits per heavy atom. The number of nitrogens with zero attached hydrogens (tertiary/aromatic N) is 3. The van der Waals surface area contributed by atoms with Crippen LogP contribution >= 0.6 is 0 Å². The van der Waals surface area contributed by atoms with Gasteiger partial charge < -0.3 is 10.2 Å². The fourth-order valence-corrected chi connectivity index (χ4v) is 1.89. The molecule has 0 aliphatic rings. The third-order valence-electron chi connectivity index (χ3n) is 2.99. The van der Waals surface area contributed by atoms with Gasteiger partial charge in [0, 0.05) is 6.54 Å². The van der Waals surface area contributed by atoms with E-state index in [9.17, 15) is 9.90 Å². The van der Waals surface area contributed by atoms with E-state index in [0.717, 1.165) is 12.8 Å². The van der Waals surface area contributed by atoms with Crippen molar-refractivity contribution < 1.29 is 15.0 Å². The lowest BCUT2D eigenvalue weighted by Crippen LogP contribution is -2.11. The fraction of sp³-hybridized carbons (Fsp3) is 0.769. The second kappa shape index (κ2) is 7.23. The maximum absolute atomic E-state index is 11.1. The van der Waals surface area contributed by atoms with E-state index in [1.165, 1.54) is 0 Å². The van der Waals surface area contributed by atoms with Crippen LogP contribution in [0.4, 0.5) is 0 Å². The molecule has 0 saturated carbocycles. The quantitative estimate of drug-likeness (QED) is 0.750. The van der Waals surface area contributed by atoms with E-state index in [2.05, 4.69) is 24.2 Å². The molecule has 1 atom stereocenters. The SMILES string of the molecule is CC(C)CCc1c(C(=O)O)nnn1CCCC(C)O. The largest absolute Gasteiger partial charge is 0.476 e. The standard InChI is InChI=1S/C13H23N3O3/c1-9(2)6-7-11-12(13(18)19)14-15-16(11)8-4-5-10(3)17/h9-10,17H,4-8H2,1-3H3,(H,18,19). The highest BCUT2D eigenvalue weighted by atomic mass is 16.4. The Balaban J connectivity index is 2.75. The summed E-state index contributed by atoms with van der Waals surface area (Å²) in [6.45, 7) is 6.53. The number of carboxylic acid groups (broad SMARTS) is 1. The molecule has 0 amide bonds. The van der Waals surface area contributed by atoms with Crippen LogP contribution < -0.4 is 0 Å². The van der Waals surface area contributed by atoms with Gasteiger partial charge in [0.25, 0.3) is 0 Å². The van der Waals surface area contributed by atoms with Gasteiger partial charge in [0.05, 0.1) is 11.8 Å². The molecule has 6 heteroatoms. The van der Waals surface area contributed by atoms with Crippen molar-refractivity contribution in [2.75, 3.05) is 0 Å². The lowest BCUT2D eigenvalue weighted by atomic mass is 10.1. The van der Waals surface area contributed by atoms with Crippen LogP contribution in [0.15, 0.2) is 0 Å². The first-order valence-corrected chi connectivity index (χ1v) is 6.75. The second-order valence-electron chi connectivity index (χ2n) is 5.34. The Morgan fingerprint density at radius 3 is 2.53 bits per heavy atom. The van der Waals surface area contributed by atoms with Gasteiger partial charge >= 0.3 is 5.97 Å². The molecule has 1 aromatic heterocycles. The zero-order chi connectivity index (χ0) is 14.4. The van der Waals surface area contributed by atoms with Crippen molar-refractivity contribution in [1.82, 2.24) is 15.0 Å². The van der Waals surface area contributed by atoms with Crippen molar-refractivity contribution in [3.63, 3.8) is 0 Å². The molecular weight excluding hydrogens is 246 g/mol. The van der Waals surface area contributed by atoms with Gasteiger partial charge in [0.1, 0.15) is 0 Å². The number of carbonyl (C=O) groups is 1. The molecule has 2 N–H and O–H groups in total. The van der Waals surface area contributed by atoms with Crippen LogP contribution in [-0.2, 0) is 13.0 Å². The van der Waals surface area contributed by atoms with Crippen molar-refractivity contribution in [3.8, 4) is 0 Å². The number of aromatic carboxylic acids is 1. The summed E-state index contributed by atoms with van der Waals surface area (Å²) in [7, 11) is 0. The van der Waals surface area contributed by atoms with Crippen LogP contribution in [0.1, 0.15) is 56.2 Å². The molecule has 1 rings (SSSR count). The van der Waals surface area contributed by atoms with Gasteiger partial charge in [-0.2, -0.15) is 0 Å². The molecule has 1 heterocycles. The molecule has 0 radical (unpaired) electrons. The maximum atomic E-state index is 11.1. The minimum Gasteiger partial charge on any atom is -0.476 e. The summed E-state index contributed by atoms with van der Waals surface area (Å²) < 4.78 is 1.66. The van der Waals surface area contributed by atoms with Gasteiger partial charge in [0.2, 0.25) is 0 Å². The summed E-state index contributed by atoms with van der Waals surface area (Å²) in [6.07, 6.45) is 2.66. The second-order valence-corrected chi connectivity index (χ2v) is 5.34. The van der Waals surface area contributed by atoms with Crippen molar-refractivity contribution in [2.24, 2.45) is 5.92 Å². The van der Waals surface area contributed by atoms with E-state index in [0.29, 0.717) is 31.0 Å². The minimum absolute atomic E-state index is 0.0534. The van der Waals surface area contributed by atoms with Gasteiger partial charge in [-0.15, -0.1) is 5.10 Å². The summed E-state index contributed by atoms with van der Waals surface area (Å²) >= 11 is 0. The molecule has 1 unspecified atom stereocenters. The van der Waals surface area contributed by atoms with Crippen LogP contribution in [0.25, 0.3) is 0 Å². The van der Waals surface area contributed by atoms with E-state index in [4.69, 9.17) is 5.11 Å². The lowest BCUT2D eigenvalue weighted by molar-refractivity contribution is 0.0689. The van der Waals surface area contributed by atoms with Gasteiger partial charge in [-0.1, -0.05) is 19.1 Å². The van der Waals surface area contributed by atoms with Crippen LogP contribution in [0.3, 0.4) is 0 Å². The Kier molecular flexibility index (Phi) is 5.95. The van der Waals surface area contributed by atoms with Gasteiger partial charge in [-0.3, -0.25) is 0 Å². The van der Waals surface area contributed by atoms with Gasteiger partial charge in [-0.05, 0) is 38.5 Å². The predicted octanol–water partition coefficient (Wildman–Crippen LogP) is 1.73. The highest BCUT2D eigenvalue weighted by Gasteiger charge is 2.18. The number of aryl methyl sites for hydroxylation is 1. The number of aliphatic hydroxyl groups is 1. The highest BCUT2D eigenvalue weighted by Crippen LogP contribution is 2.13. The van der Waals surface area contributed by atoms with E-state index < -0.39 is 5.97 Å². The van der Waals surface area contributed by atoms with Gasteiger partial charge in [-0.25, -0.2) is 9.48 Å². The van der Waals surface area contributed by atoms with Crippen LogP contribution in [0.5, 0.6) is 0 Å². The summed E-state index contributed by atoms with van der Waals surface area (Å²) in [5.41, 5.74) is 0.740. The van der Waals surface area contributed by atoms with Crippen molar-refractivity contribution >= 4 is 5.97 Å². The average Bonchev–Trinajstić information content (AvgIpc) is 2.69. The number of aromatic nitrogens is 3. The van der Waals surface area contributed by atoms with Crippen molar-refractivity contribution in [3.05, 3.63) is 11.4 Å². The zero-order valence-electron chi connectivity index (χ0n) is 11.8. The van der Waals surface area contributed by atoms with Crippen LogP contribution in [-0.4, -0.2) is 37.3 Å². The zero-order valence-corrected chi connectivity index (χ0v) is 11.8. The summed E-state index contributed by atoms with van der Waals surface area (Å²) in [6, 6.07) is 0. The number of rotatable bonds is 8. The molecule has 0 saturated heterocycles. The highest BCUT2D eigenvalue weighted by molar-refractivity contribution is 5.86. The first-order chi connectivity index (χ1) is 8.91. The van der Waals surface area contributed by atoms with E-state index in [1.54, 1.807) is 11.6 Å². The number of hydrogen-bond acceptors (Lipinski definition) is 4. The van der Waals surface area contributed by atoms with E-state index in [1.807, 2.05) is 0 Å². The van der Waals surface area contributed by atoms with Crippen molar-refractivity contribution in [2.45, 2.75) is 59.1 Å². The molecule has 0 fully saturated rings. The molecule has 1 aromatic rings. The number of aliphatic hydroxyl groups excluding tert-OH is 1. The van der Waals surface area contributed by atoms with E-state index >= 15 is 0 Å². The molecule has 0 spiro atoms. The van der Waals surface area contributed by atoms with Gasteiger partial charge in [0.15, 0.2) is 5.69 Å². The molecule has 6 nitrogen and oxygen atoms in total. The first kappa shape index (κ1) is 15.6. The Labute approximate surface area is 113 Å². The fourth-order valence-electron chi connectivity index (χ4n) is 1.89. The van der Waals surface area contributed by atoms with Crippen LogP contribution in [0.2, 0.25) is 0 Å². The Morgan fingerprint density at radius 2 is 2.00 bits per heavy atom. The molecule has 0 aromatic carbocycles. The average molecular weight is 269 g/mol.